The highest BCUT2D eigenvalue weighted by Gasteiger charge is 2.06. The zero-order valence-corrected chi connectivity index (χ0v) is 14.8. The number of hydrogen-bond donors (Lipinski definition) is 1. The van der Waals surface area contributed by atoms with Gasteiger partial charge in [-0.2, -0.15) is 0 Å². The number of carbonyl (C=O) groups is 1. The summed E-state index contributed by atoms with van der Waals surface area (Å²) < 4.78 is 0. The van der Waals surface area contributed by atoms with Gasteiger partial charge in [0.05, 0.1) is 6.42 Å². The van der Waals surface area contributed by atoms with Gasteiger partial charge in [-0.3, -0.25) is 4.79 Å². The first-order chi connectivity index (χ1) is 12.7. The van der Waals surface area contributed by atoms with Crippen LogP contribution >= 0.6 is 0 Å². The molecule has 0 heterocycles. The third-order valence-electron chi connectivity index (χ3n) is 4.09. The highest BCUT2D eigenvalue weighted by atomic mass is 16.1. The van der Waals surface area contributed by atoms with E-state index < -0.39 is 0 Å². The van der Waals surface area contributed by atoms with Crippen molar-refractivity contribution >= 4 is 5.91 Å². The first-order valence-corrected chi connectivity index (χ1v) is 8.68. The predicted molar refractivity (Wildman–Crippen MR) is 106 cm³/mol. The van der Waals surface area contributed by atoms with Crippen LogP contribution in [-0.2, 0) is 17.8 Å². The van der Waals surface area contributed by atoms with Crippen LogP contribution in [0.3, 0.4) is 0 Å². The van der Waals surface area contributed by atoms with Crippen LogP contribution in [0.4, 0.5) is 0 Å². The van der Waals surface area contributed by atoms with Gasteiger partial charge >= 0.3 is 0 Å². The lowest BCUT2D eigenvalue weighted by Crippen LogP contribution is -2.24. The van der Waals surface area contributed by atoms with Crippen LogP contribution in [-0.4, -0.2) is 5.91 Å². The van der Waals surface area contributed by atoms with E-state index in [1.165, 1.54) is 5.56 Å². The maximum absolute atomic E-state index is 12.3. The molecule has 0 aliphatic carbocycles. The van der Waals surface area contributed by atoms with Crippen LogP contribution in [0, 0.1) is 18.8 Å². The molecule has 0 atom stereocenters. The van der Waals surface area contributed by atoms with Gasteiger partial charge in [-0.15, -0.1) is 0 Å². The van der Waals surface area contributed by atoms with Gasteiger partial charge in [0.15, 0.2) is 0 Å². The lowest BCUT2D eigenvalue weighted by atomic mass is 10.0. The van der Waals surface area contributed by atoms with E-state index in [2.05, 4.69) is 24.1 Å². The first-order valence-electron chi connectivity index (χ1n) is 8.68. The third kappa shape index (κ3) is 5.09. The molecule has 2 heteroatoms. The number of hydrogen-bond acceptors (Lipinski definition) is 1. The fraction of sp³-hybridized carbons (Fsp3) is 0.125. The van der Waals surface area contributed by atoms with Crippen LogP contribution in [0.25, 0.3) is 0 Å². The average molecular weight is 339 g/mol. The summed E-state index contributed by atoms with van der Waals surface area (Å²) in [7, 11) is 0. The molecule has 3 rings (SSSR count). The standard InChI is InChI=1S/C24H21NO/c1-19-11-13-20(14-12-19)15-16-22-9-5-6-10-23(22)17-24(26)25-18-21-7-3-2-4-8-21/h2-14H,17-18H2,1H3,(H,25,26). The number of benzene rings is 3. The Balaban J connectivity index is 1.67. The summed E-state index contributed by atoms with van der Waals surface area (Å²) in [6.45, 7) is 2.59. The minimum Gasteiger partial charge on any atom is -0.352 e. The number of rotatable bonds is 4. The van der Waals surface area contributed by atoms with Gasteiger partial charge in [0, 0.05) is 17.7 Å². The van der Waals surface area contributed by atoms with Crippen LogP contribution in [0.15, 0.2) is 78.9 Å². The molecule has 0 radical (unpaired) electrons. The molecule has 26 heavy (non-hydrogen) atoms. The molecule has 0 unspecified atom stereocenters. The molecule has 3 aromatic carbocycles. The van der Waals surface area contributed by atoms with Crippen LogP contribution in [0.1, 0.15) is 27.8 Å². The van der Waals surface area contributed by atoms with Crippen molar-refractivity contribution in [3.8, 4) is 11.8 Å². The molecular weight excluding hydrogens is 318 g/mol. The summed E-state index contributed by atoms with van der Waals surface area (Å²) in [5.41, 5.74) is 5.11. The van der Waals surface area contributed by atoms with Crippen molar-refractivity contribution in [2.75, 3.05) is 0 Å². The van der Waals surface area contributed by atoms with E-state index in [4.69, 9.17) is 0 Å². The van der Waals surface area contributed by atoms with E-state index in [1.807, 2.05) is 78.9 Å². The highest BCUT2D eigenvalue weighted by molar-refractivity contribution is 5.79. The molecule has 1 amide bonds. The predicted octanol–water partition coefficient (Wildman–Crippen LogP) is 4.25. The Hall–Kier alpha value is -3.31. The lowest BCUT2D eigenvalue weighted by Gasteiger charge is -2.07. The summed E-state index contributed by atoms with van der Waals surface area (Å²) in [6.07, 6.45) is 0.325. The average Bonchev–Trinajstić information content (AvgIpc) is 2.68. The van der Waals surface area contributed by atoms with Crippen LogP contribution < -0.4 is 5.32 Å². The van der Waals surface area contributed by atoms with Gasteiger partial charge in [-0.25, -0.2) is 0 Å². The quantitative estimate of drug-likeness (QED) is 0.707. The van der Waals surface area contributed by atoms with Crippen molar-refractivity contribution in [3.05, 3.63) is 107 Å². The molecule has 0 fully saturated rings. The van der Waals surface area contributed by atoms with E-state index in [0.717, 1.165) is 22.3 Å². The molecule has 0 spiro atoms. The normalized spacial score (nSPS) is 9.88. The molecule has 1 N–H and O–H groups in total. The Morgan fingerprint density at radius 2 is 1.54 bits per heavy atom. The van der Waals surface area contributed by atoms with Gasteiger partial charge in [0.2, 0.25) is 5.91 Å². The maximum Gasteiger partial charge on any atom is 0.224 e. The van der Waals surface area contributed by atoms with Gasteiger partial charge in [-0.1, -0.05) is 78.1 Å². The Morgan fingerprint density at radius 1 is 0.846 bits per heavy atom. The fourth-order valence-corrected chi connectivity index (χ4v) is 2.60. The molecular formula is C24H21NO. The van der Waals surface area contributed by atoms with Crippen LogP contribution in [0.5, 0.6) is 0 Å². The molecule has 3 aromatic rings. The highest BCUT2D eigenvalue weighted by Crippen LogP contribution is 2.09. The van der Waals surface area contributed by atoms with E-state index in [0.29, 0.717) is 13.0 Å². The molecule has 0 bridgehead atoms. The summed E-state index contributed by atoms with van der Waals surface area (Å²) >= 11 is 0. The summed E-state index contributed by atoms with van der Waals surface area (Å²) in [4.78, 5) is 12.3. The molecule has 2 nitrogen and oxygen atoms in total. The summed E-state index contributed by atoms with van der Waals surface area (Å²) in [5, 5.41) is 2.97. The molecule has 0 aliphatic heterocycles. The van der Waals surface area contributed by atoms with E-state index >= 15 is 0 Å². The largest absolute Gasteiger partial charge is 0.352 e. The Labute approximate surface area is 154 Å². The second-order valence-corrected chi connectivity index (χ2v) is 6.21. The van der Waals surface area contributed by atoms with E-state index in [1.54, 1.807) is 0 Å². The third-order valence-corrected chi connectivity index (χ3v) is 4.09. The Kier molecular flexibility index (Phi) is 5.85. The minimum absolute atomic E-state index is 0.00145. The SMILES string of the molecule is Cc1ccc(C#Cc2ccccc2CC(=O)NCc2ccccc2)cc1. The molecule has 0 saturated heterocycles. The zero-order chi connectivity index (χ0) is 18.2. The topological polar surface area (TPSA) is 29.1 Å². The summed E-state index contributed by atoms with van der Waals surface area (Å²) in [5.74, 6) is 6.37. The first kappa shape index (κ1) is 17.5. The van der Waals surface area contributed by atoms with Gasteiger partial charge in [-0.05, 0) is 36.2 Å². The van der Waals surface area contributed by atoms with E-state index in [9.17, 15) is 4.79 Å². The monoisotopic (exact) mass is 339 g/mol. The van der Waals surface area contributed by atoms with Crippen molar-refractivity contribution < 1.29 is 4.79 Å². The van der Waals surface area contributed by atoms with Crippen molar-refractivity contribution in [3.63, 3.8) is 0 Å². The van der Waals surface area contributed by atoms with Gasteiger partial charge in [0.25, 0.3) is 0 Å². The Morgan fingerprint density at radius 3 is 2.31 bits per heavy atom. The molecule has 0 aliphatic rings. The van der Waals surface area contributed by atoms with Gasteiger partial charge < -0.3 is 5.32 Å². The molecule has 0 aromatic heterocycles. The second-order valence-electron chi connectivity index (χ2n) is 6.21. The number of carbonyl (C=O) groups excluding carboxylic acids is 1. The number of nitrogens with one attached hydrogen (secondary N) is 1. The van der Waals surface area contributed by atoms with E-state index in [-0.39, 0.29) is 5.91 Å². The number of aryl methyl sites for hydroxylation is 1. The number of amides is 1. The Bertz CT molecular complexity index is 931. The maximum atomic E-state index is 12.3. The summed E-state index contributed by atoms with van der Waals surface area (Å²) in [6, 6.07) is 25.8. The second kappa shape index (κ2) is 8.69. The smallest absolute Gasteiger partial charge is 0.224 e. The lowest BCUT2D eigenvalue weighted by molar-refractivity contribution is -0.120. The zero-order valence-electron chi connectivity index (χ0n) is 14.8. The fourth-order valence-electron chi connectivity index (χ4n) is 2.60. The van der Waals surface area contributed by atoms with Crippen molar-refractivity contribution in [1.82, 2.24) is 5.32 Å². The minimum atomic E-state index is -0.00145. The molecule has 0 saturated carbocycles. The van der Waals surface area contributed by atoms with Gasteiger partial charge in [0.1, 0.15) is 0 Å². The van der Waals surface area contributed by atoms with Crippen molar-refractivity contribution in [2.24, 2.45) is 0 Å². The van der Waals surface area contributed by atoms with Crippen molar-refractivity contribution in [2.45, 2.75) is 19.9 Å². The van der Waals surface area contributed by atoms with Crippen molar-refractivity contribution in [1.29, 1.82) is 0 Å². The molecule has 128 valence electrons. The van der Waals surface area contributed by atoms with Crippen LogP contribution in [0.2, 0.25) is 0 Å².